The van der Waals surface area contributed by atoms with Gasteiger partial charge in [0.1, 0.15) is 0 Å². The van der Waals surface area contributed by atoms with Crippen LogP contribution < -0.4 is 5.73 Å². The molecule has 0 atom stereocenters. The van der Waals surface area contributed by atoms with Gasteiger partial charge in [-0.3, -0.25) is 4.79 Å². The number of carbonyl (C=O) groups is 1. The zero-order valence-corrected chi connectivity index (χ0v) is 12.7. The van der Waals surface area contributed by atoms with Gasteiger partial charge in [-0.1, -0.05) is 41.6 Å². The number of halogens is 4. The number of carbonyl (C=O) groups excluding carboxylic acids is 1. The maximum absolute atomic E-state index is 13.2. The molecular formula is C15H11ClF3NOS. The summed E-state index contributed by atoms with van der Waals surface area (Å²) in [4.78, 5) is 11.4. The highest BCUT2D eigenvalue weighted by atomic mass is 35.5. The summed E-state index contributed by atoms with van der Waals surface area (Å²) in [6.07, 6.45) is -3.96. The van der Waals surface area contributed by atoms with Crippen LogP contribution in [0.3, 0.4) is 0 Å². The standard InChI is InChI=1S/C15H11ClF3NOS/c16-11-5-10(7-20)14(12(6-11)15(17,18)19)22-13-4-2-1-3-9(13)8-21/h1-6,8H,7,20H2. The van der Waals surface area contributed by atoms with E-state index in [1.54, 1.807) is 24.3 Å². The normalized spacial score (nSPS) is 11.5. The third-order valence-corrected chi connectivity index (χ3v) is 4.41. The van der Waals surface area contributed by atoms with E-state index in [1.807, 2.05) is 0 Å². The monoisotopic (exact) mass is 345 g/mol. The Morgan fingerprint density at radius 2 is 1.91 bits per heavy atom. The maximum Gasteiger partial charge on any atom is 0.417 e. The van der Waals surface area contributed by atoms with Crippen LogP contribution in [-0.2, 0) is 12.7 Å². The van der Waals surface area contributed by atoms with Gasteiger partial charge in [0.2, 0.25) is 0 Å². The van der Waals surface area contributed by atoms with Gasteiger partial charge in [-0.2, -0.15) is 13.2 Å². The molecule has 0 bridgehead atoms. The van der Waals surface area contributed by atoms with Crippen molar-refractivity contribution < 1.29 is 18.0 Å². The highest BCUT2D eigenvalue weighted by Gasteiger charge is 2.35. The fourth-order valence-electron chi connectivity index (χ4n) is 1.91. The van der Waals surface area contributed by atoms with Crippen molar-refractivity contribution >= 4 is 29.6 Å². The Labute approximate surface area is 134 Å². The second-order valence-electron chi connectivity index (χ2n) is 4.40. The lowest BCUT2D eigenvalue weighted by atomic mass is 10.1. The second kappa shape index (κ2) is 6.73. The van der Waals surface area contributed by atoms with Crippen LogP contribution in [0.4, 0.5) is 13.2 Å². The van der Waals surface area contributed by atoms with Crippen molar-refractivity contribution in [3.63, 3.8) is 0 Å². The summed E-state index contributed by atoms with van der Waals surface area (Å²) in [5.74, 6) is 0. The predicted octanol–water partition coefficient (Wildman–Crippen LogP) is 4.78. The molecule has 0 aliphatic rings. The number of nitrogens with two attached hydrogens (primary N) is 1. The fraction of sp³-hybridized carbons (Fsp3) is 0.133. The van der Waals surface area contributed by atoms with E-state index in [2.05, 4.69) is 0 Å². The molecule has 0 fully saturated rings. The van der Waals surface area contributed by atoms with Gasteiger partial charge in [-0.25, -0.2) is 0 Å². The molecule has 2 aromatic carbocycles. The van der Waals surface area contributed by atoms with E-state index in [9.17, 15) is 18.0 Å². The zero-order chi connectivity index (χ0) is 16.3. The van der Waals surface area contributed by atoms with E-state index in [4.69, 9.17) is 17.3 Å². The van der Waals surface area contributed by atoms with E-state index in [0.29, 0.717) is 16.7 Å². The minimum Gasteiger partial charge on any atom is -0.326 e. The summed E-state index contributed by atoms with van der Waals surface area (Å²) in [6, 6.07) is 8.70. The molecular weight excluding hydrogens is 335 g/mol. The Hall–Kier alpha value is -1.50. The Bertz CT molecular complexity index is 704. The molecule has 0 radical (unpaired) electrons. The SMILES string of the molecule is NCc1cc(Cl)cc(C(F)(F)F)c1Sc1ccccc1C=O. The Balaban J connectivity index is 2.60. The van der Waals surface area contributed by atoms with E-state index in [1.165, 1.54) is 6.07 Å². The number of alkyl halides is 3. The van der Waals surface area contributed by atoms with Crippen LogP contribution >= 0.6 is 23.4 Å². The quantitative estimate of drug-likeness (QED) is 0.811. The first-order valence-electron chi connectivity index (χ1n) is 6.18. The van der Waals surface area contributed by atoms with Crippen molar-refractivity contribution in [3.8, 4) is 0 Å². The molecule has 0 amide bonds. The lowest BCUT2D eigenvalue weighted by Gasteiger charge is -2.17. The van der Waals surface area contributed by atoms with Crippen molar-refractivity contribution in [1.29, 1.82) is 0 Å². The zero-order valence-electron chi connectivity index (χ0n) is 11.2. The van der Waals surface area contributed by atoms with Gasteiger partial charge in [-0.05, 0) is 23.8 Å². The van der Waals surface area contributed by atoms with E-state index >= 15 is 0 Å². The molecule has 0 aliphatic carbocycles. The summed E-state index contributed by atoms with van der Waals surface area (Å²) < 4.78 is 39.7. The molecule has 116 valence electrons. The highest BCUT2D eigenvalue weighted by Crippen LogP contribution is 2.43. The van der Waals surface area contributed by atoms with Gasteiger partial charge >= 0.3 is 6.18 Å². The Morgan fingerprint density at radius 3 is 2.50 bits per heavy atom. The summed E-state index contributed by atoms with van der Waals surface area (Å²) in [6.45, 7) is -0.0881. The first-order valence-corrected chi connectivity index (χ1v) is 7.38. The highest BCUT2D eigenvalue weighted by molar-refractivity contribution is 7.99. The molecule has 22 heavy (non-hydrogen) atoms. The largest absolute Gasteiger partial charge is 0.417 e. The molecule has 0 saturated heterocycles. The molecule has 0 aromatic heterocycles. The minimum absolute atomic E-state index is 0.0270. The van der Waals surface area contributed by atoms with E-state index in [-0.39, 0.29) is 22.0 Å². The van der Waals surface area contributed by atoms with Gasteiger partial charge in [0.05, 0.1) is 5.56 Å². The van der Waals surface area contributed by atoms with Crippen molar-refractivity contribution in [2.45, 2.75) is 22.5 Å². The molecule has 2 N–H and O–H groups in total. The minimum atomic E-state index is -4.56. The molecule has 0 aliphatic heterocycles. The molecule has 0 saturated carbocycles. The van der Waals surface area contributed by atoms with Gasteiger partial charge < -0.3 is 5.73 Å². The molecule has 7 heteroatoms. The molecule has 0 heterocycles. The van der Waals surface area contributed by atoms with Gasteiger partial charge in [-0.15, -0.1) is 0 Å². The van der Waals surface area contributed by atoms with Gasteiger partial charge in [0, 0.05) is 26.9 Å². The van der Waals surface area contributed by atoms with Crippen LogP contribution in [0, 0.1) is 0 Å². The third-order valence-electron chi connectivity index (χ3n) is 2.91. The number of hydrogen-bond donors (Lipinski definition) is 1. The topological polar surface area (TPSA) is 43.1 Å². The smallest absolute Gasteiger partial charge is 0.326 e. The lowest BCUT2D eigenvalue weighted by molar-refractivity contribution is -0.139. The van der Waals surface area contributed by atoms with Crippen LogP contribution in [0.25, 0.3) is 0 Å². The van der Waals surface area contributed by atoms with Gasteiger partial charge in [0.15, 0.2) is 6.29 Å². The van der Waals surface area contributed by atoms with Crippen molar-refractivity contribution in [3.05, 3.63) is 58.1 Å². The van der Waals surface area contributed by atoms with E-state index in [0.717, 1.165) is 17.8 Å². The summed E-state index contributed by atoms with van der Waals surface area (Å²) in [5.41, 5.74) is 5.29. The molecule has 2 aromatic rings. The molecule has 0 unspecified atom stereocenters. The summed E-state index contributed by atoms with van der Waals surface area (Å²) in [5, 5.41) is -0.0270. The van der Waals surface area contributed by atoms with Crippen LogP contribution in [0.5, 0.6) is 0 Å². The summed E-state index contributed by atoms with van der Waals surface area (Å²) >= 11 is 6.61. The molecule has 0 spiro atoms. The number of benzene rings is 2. The average molecular weight is 346 g/mol. The van der Waals surface area contributed by atoms with Crippen LogP contribution in [0.2, 0.25) is 5.02 Å². The number of aldehydes is 1. The van der Waals surface area contributed by atoms with Crippen LogP contribution in [0.15, 0.2) is 46.2 Å². The van der Waals surface area contributed by atoms with Crippen molar-refractivity contribution in [2.24, 2.45) is 5.73 Å². The number of rotatable bonds is 4. The van der Waals surface area contributed by atoms with Crippen LogP contribution in [-0.4, -0.2) is 6.29 Å². The third kappa shape index (κ3) is 3.63. The first-order chi connectivity index (χ1) is 10.4. The fourth-order valence-corrected chi connectivity index (χ4v) is 3.31. The van der Waals surface area contributed by atoms with Gasteiger partial charge in [0.25, 0.3) is 0 Å². The lowest BCUT2D eigenvalue weighted by Crippen LogP contribution is -2.10. The van der Waals surface area contributed by atoms with Crippen molar-refractivity contribution in [2.75, 3.05) is 0 Å². The van der Waals surface area contributed by atoms with Crippen molar-refractivity contribution in [1.82, 2.24) is 0 Å². The Morgan fingerprint density at radius 1 is 1.23 bits per heavy atom. The van der Waals surface area contributed by atoms with E-state index < -0.39 is 11.7 Å². The average Bonchev–Trinajstić information content (AvgIpc) is 2.48. The first kappa shape index (κ1) is 16.9. The Kier molecular flexibility index (Phi) is 5.16. The maximum atomic E-state index is 13.2. The van der Waals surface area contributed by atoms with Crippen LogP contribution in [0.1, 0.15) is 21.5 Å². The summed E-state index contributed by atoms with van der Waals surface area (Å²) in [7, 11) is 0. The predicted molar refractivity (Wildman–Crippen MR) is 80.3 cm³/mol. The molecule has 2 nitrogen and oxygen atoms in total. The molecule has 2 rings (SSSR count). The number of hydrogen-bond acceptors (Lipinski definition) is 3. The second-order valence-corrected chi connectivity index (χ2v) is 5.89.